The fourth-order valence-corrected chi connectivity index (χ4v) is 0.694. The van der Waals surface area contributed by atoms with Crippen LogP contribution in [0.1, 0.15) is 0 Å². The summed E-state index contributed by atoms with van der Waals surface area (Å²) < 4.78 is 0. The Hall–Kier alpha value is 0.920. The van der Waals surface area contributed by atoms with Crippen LogP contribution in [0.4, 0.5) is 0 Å². The predicted octanol–water partition coefficient (Wildman–Crippen LogP) is 1.32. The third kappa shape index (κ3) is 4.92. The SMILES string of the molecule is BrCCNCBr. The van der Waals surface area contributed by atoms with Gasteiger partial charge >= 0.3 is 0 Å². The van der Waals surface area contributed by atoms with Crippen molar-refractivity contribution < 1.29 is 0 Å². The lowest BCUT2D eigenvalue weighted by molar-refractivity contribution is 0.858. The van der Waals surface area contributed by atoms with Crippen LogP contribution >= 0.6 is 31.9 Å². The maximum atomic E-state index is 3.27. The van der Waals surface area contributed by atoms with Crippen molar-refractivity contribution in [1.82, 2.24) is 5.32 Å². The Balaban J connectivity index is 2.34. The molecule has 0 aliphatic heterocycles. The Morgan fingerprint density at radius 1 is 1.33 bits per heavy atom. The van der Waals surface area contributed by atoms with E-state index in [2.05, 4.69) is 37.2 Å². The number of rotatable bonds is 3. The fraction of sp³-hybridized carbons (Fsp3) is 1.00. The highest BCUT2D eigenvalue weighted by molar-refractivity contribution is 9.09. The van der Waals surface area contributed by atoms with Gasteiger partial charge in [0, 0.05) is 11.9 Å². The minimum atomic E-state index is 0.888. The van der Waals surface area contributed by atoms with Gasteiger partial charge in [-0.05, 0) is 0 Å². The minimum absolute atomic E-state index is 0.888. The maximum absolute atomic E-state index is 3.27. The molecule has 0 spiro atoms. The van der Waals surface area contributed by atoms with Gasteiger partial charge in [0.1, 0.15) is 0 Å². The Morgan fingerprint density at radius 2 is 2.00 bits per heavy atom. The van der Waals surface area contributed by atoms with Crippen LogP contribution in [-0.4, -0.2) is 17.3 Å². The maximum Gasteiger partial charge on any atom is 0.0517 e. The molecule has 0 aromatic carbocycles. The largest absolute Gasteiger partial charge is 0.307 e. The summed E-state index contributed by atoms with van der Waals surface area (Å²) in [5.74, 6) is 0. The molecule has 0 amide bonds. The van der Waals surface area contributed by atoms with Gasteiger partial charge in [0.05, 0.1) is 5.45 Å². The van der Waals surface area contributed by atoms with E-state index in [0.717, 1.165) is 17.3 Å². The Kier molecular flexibility index (Phi) is 6.83. The highest BCUT2D eigenvalue weighted by Gasteiger charge is 1.73. The van der Waals surface area contributed by atoms with Gasteiger partial charge in [-0.2, -0.15) is 0 Å². The number of alkyl halides is 2. The molecule has 6 heavy (non-hydrogen) atoms. The third-order valence-electron chi connectivity index (χ3n) is 0.366. The monoisotopic (exact) mass is 215 g/mol. The van der Waals surface area contributed by atoms with E-state index in [4.69, 9.17) is 0 Å². The van der Waals surface area contributed by atoms with Crippen molar-refractivity contribution in [3.05, 3.63) is 0 Å². The van der Waals surface area contributed by atoms with Crippen molar-refractivity contribution in [2.24, 2.45) is 0 Å². The van der Waals surface area contributed by atoms with E-state index in [-0.39, 0.29) is 0 Å². The van der Waals surface area contributed by atoms with Crippen molar-refractivity contribution >= 4 is 31.9 Å². The van der Waals surface area contributed by atoms with E-state index in [1.165, 1.54) is 0 Å². The number of hydrogen-bond acceptors (Lipinski definition) is 1. The lowest BCUT2D eigenvalue weighted by Gasteiger charge is -1.89. The van der Waals surface area contributed by atoms with Crippen LogP contribution in [0, 0.1) is 0 Å². The molecular formula is C3H7Br2N. The molecule has 0 atom stereocenters. The van der Waals surface area contributed by atoms with Crippen LogP contribution in [0.25, 0.3) is 0 Å². The van der Waals surface area contributed by atoms with Gasteiger partial charge in [-0.15, -0.1) is 0 Å². The van der Waals surface area contributed by atoms with E-state index in [1.54, 1.807) is 0 Å². The molecule has 38 valence electrons. The Bertz CT molecular complexity index is 20.8. The van der Waals surface area contributed by atoms with Gasteiger partial charge in [0.25, 0.3) is 0 Å². The summed E-state index contributed by atoms with van der Waals surface area (Å²) in [5, 5.41) is 4.09. The normalized spacial score (nSPS) is 9.00. The van der Waals surface area contributed by atoms with E-state index in [9.17, 15) is 0 Å². The van der Waals surface area contributed by atoms with Gasteiger partial charge < -0.3 is 5.32 Å². The molecule has 0 aliphatic carbocycles. The first-order chi connectivity index (χ1) is 2.91. The quantitative estimate of drug-likeness (QED) is 0.427. The molecule has 0 aromatic heterocycles. The molecule has 0 rings (SSSR count). The van der Waals surface area contributed by atoms with Gasteiger partial charge in [-0.25, -0.2) is 0 Å². The van der Waals surface area contributed by atoms with Crippen molar-refractivity contribution in [2.75, 3.05) is 17.3 Å². The molecule has 0 bridgehead atoms. The van der Waals surface area contributed by atoms with E-state index in [0.29, 0.717) is 0 Å². The topological polar surface area (TPSA) is 12.0 Å². The fourth-order valence-electron chi connectivity index (χ4n) is 0.134. The standard InChI is InChI=1S/C3H7Br2N/c4-1-2-6-3-5/h6H,1-3H2. The minimum Gasteiger partial charge on any atom is -0.307 e. The highest BCUT2D eigenvalue weighted by atomic mass is 79.9. The van der Waals surface area contributed by atoms with Crippen molar-refractivity contribution in [3.63, 3.8) is 0 Å². The summed E-state index contributed by atoms with van der Waals surface area (Å²) in [5.41, 5.74) is 0.888. The zero-order chi connectivity index (χ0) is 4.83. The number of halogens is 2. The van der Waals surface area contributed by atoms with Crippen molar-refractivity contribution in [2.45, 2.75) is 0 Å². The average molecular weight is 217 g/mol. The first-order valence-corrected chi connectivity index (χ1v) is 3.98. The molecule has 0 radical (unpaired) electrons. The summed E-state index contributed by atoms with van der Waals surface area (Å²) in [6.07, 6.45) is 0. The zero-order valence-electron chi connectivity index (χ0n) is 3.38. The second-order valence-electron chi connectivity index (χ2n) is 0.823. The molecule has 0 aliphatic rings. The number of nitrogens with one attached hydrogen (secondary N) is 1. The van der Waals surface area contributed by atoms with Crippen LogP contribution in [0.2, 0.25) is 0 Å². The molecule has 0 saturated carbocycles. The summed E-state index contributed by atoms with van der Waals surface area (Å²) in [4.78, 5) is 0. The van der Waals surface area contributed by atoms with Crippen molar-refractivity contribution in [1.29, 1.82) is 0 Å². The average Bonchev–Trinajstić information content (AvgIpc) is 1.61. The van der Waals surface area contributed by atoms with E-state index >= 15 is 0 Å². The molecule has 0 unspecified atom stereocenters. The first-order valence-electron chi connectivity index (χ1n) is 1.74. The predicted molar refractivity (Wildman–Crippen MR) is 35.6 cm³/mol. The molecular weight excluding hydrogens is 210 g/mol. The second kappa shape index (κ2) is 5.92. The van der Waals surface area contributed by atoms with Gasteiger partial charge in [-0.3, -0.25) is 0 Å². The molecule has 3 heteroatoms. The van der Waals surface area contributed by atoms with E-state index in [1.807, 2.05) is 0 Å². The zero-order valence-corrected chi connectivity index (χ0v) is 6.55. The lowest BCUT2D eigenvalue weighted by Crippen LogP contribution is -2.12. The Morgan fingerprint density at radius 3 is 2.17 bits per heavy atom. The van der Waals surface area contributed by atoms with Crippen LogP contribution in [0.15, 0.2) is 0 Å². The second-order valence-corrected chi connectivity index (χ2v) is 2.18. The Labute approximate surface area is 54.8 Å². The summed E-state index contributed by atoms with van der Waals surface area (Å²) in [6.45, 7) is 1.03. The molecule has 0 saturated heterocycles. The third-order valence-corrected chi connectivity index (χ3v) is 1.16. The van der Waals surface area contributed by atoms with Crippen molar-refractivity contribution in [3.8, 4) is 0 Å². The molecule has 0 aromatic rings. The summed E-state index contributed by atoms with van der Waals surface area (Å²) >= 11 is 6.49. The van der Waals surface area contributed by atoms with Gasteiger partial charge in [-0.1, -0.05) is 31.9 Å². The number of hydrogen-bond donors (Lipinski definition) is 1. The summed E-state index contributed by atoms with van der Waals surface area (Å²) in [7, 11) is 0. The van der Waals surface area contributed by atoms with Crippen LogP contribution in [0.3, 0.4) is 0 Å². The summed E-state index contributed by atoms with van der Waals surface area (Å²) in [6, 6.07) is 0. The molecule has 1 nitrogen and oxygen atoms in total. The molecule has 0 fully saturated rings. The first kappa shape index (κ1) is 6.92. The smallest absolute Gasteiger partial charge is 0.0517 e. The van der Waals surface area contributed by atoms with Gasteiger partial charge in [0.2, 0.25) is 0 Å². The van der Waals surface area contributed by atoms with E-state index < -0.39 is 0 Å². The molecule has 1 N–H and O–H groups in total. The lowest BCUT2D eigenvalue weighted by atomic mass is 10.8. The van der Waals surface area contributed by atoms with Crippen LogP contribution in [0.5, 0.6) is 0 Å². The molecule has 0 heterocycles. The van der Waals surface area contributed by atoms with Crippen LogP contribution in [-0.2, 0) is 0 Å². The van der Waals surface area contributed by atoms with Gasteiger partial charge in [0.15, 0.2) is 0 Å². The highest BCUT2D eigenvalue weighted by Crippen LogP contribution is 1.75. The van der Waals surface area contributed by atoms with Crippen LogP contribution < -0.4 is 5.32 Å².